The van der Waals surface area contributed by atoms with E-state index >= 15 is 0 Å². The van der Waals surface area contributed by atoms with Crippen molar-refractivity contribution in [3.8, 4) is 0 Å². The van der Waals surface area contributed by atoms with E-state index in [0.29, 0.717) is 49.4 Å². The van der Waals surface area contributed by atoms with Gasteiger partial charge in [0.25, 0.3) is 5.91 Å². The molecule has 1 atom stereocenters. The van der Waals surface area contributed by atoms with Crippen LogP contribution in [-0.2, 0) is 27.3 Å². The van der Waals surface area contributed by atoms with Gasteiger partial charge in [0.2, 0.25) is 11.8 Å². The zero-order valence-electron chi connectivity index (χ0n) is 20.1. The number of aromatic nitrogens is 2. The number of fused-ring (bicyclic) bond motifs is 1. The van der Waals surface area contributed by atoms with E-state index in [4.69, 9.17) is 4.74 Å². The molecule has 3 amide bonds. The molecule has 0 aliphatic carbocycles. The number of nitrogens with one attached hydrogen (secondary N) is 2. The number of carbonyl (C=O) groups is 3. The number of nitrogens with zero attached hydrogens (tertiary/aromatic N) is 3. The highest BCUT2D eigenvalue weighted by atomic mass is 16.5. The summed E-state index contributed by atoms with van der Waals surface area (Å²) in [6.45, 7) is 4.27. The van der Waals surface area contributed by atoms with Crippen molar-refractivity contribution >= 4 is 34.4 Å². The van der Waals surface area contributed by atoms with E-state index in [1.165, 1.54) is 12.7 Å². The van der Waals surface area contributed by atoms with Crippen molar-refractivity contribution in [3.63, 3.8) is 0 Å². The molecule has 0 unspecified atom stereocenters. The average molecular weight is 478 g/mol. The molecule has 1 aliphatic heterocycles. The van der Waals surface area contributed by atoms with Crippen molar-refractivity contribution in [2.24, 2.45) is 5.92 Å². The Morgan fingerprint density at radius 1 is 1.20 bits per heavy atom. The number of rotatable bonds is 10. The predicted molar refractivity (Wildman–Crippen MR) is 133 cm³/mol. The van der Waals surface area contributed by atoms with Crippen LogP contribution in [0.1, 0.15) is 29.3 Å². The fourth-order valence-electron chi connectivity index (χ4n) is 4.45. The van der Waals surface area contributed by atoms with Crippen LogP contribution >= 0.6 is 0 Å². The van der Waals surface area contributed by atoms with Gasteiger partial charge in [-0.3, -0.25) is 14.4 Å². The smallest absolute Gasteiger partial charge is 0.251 e. The molecule has 0 radical (unpaired) electrons. The van der Waals surface area contributed by atoms with E-state index in [1.54, 1.807) is 23.4 Å². The number of imidazole rings is 1. The Kier molecular flexibility index (Phi) is 7.77. The van der Waals surface area contributed by atoms with Crippen molar-refractivity contribution in [1.82, 2.24) is 19.8 Å². The number of methoxy groups -OCH3 is 1. The van der Waals surface area contributed by atoms with E-state index in [-0.39, 0.29) is 30.2 Å². The lowest BCUT2D eigenvalue weighted by atomic mass is 10.1. The van der Waals surface area contributed by atoms with Crippen LogP contribution in [0.2, 0.25) is 0 Å². The number of aryl methyl sites for hydroxylation is 2. The van der Waals surface area contributed by atoms with Gasteiger partial charge < -0.3 is 24.8 Å². The van der Waals surface area contributed by atoms with Crippen LogP contribution in [0.25, 0.3) is 11.0 Å². The number of hydrogen-bond acceptors (Lipinski definition) is 5. The minimum absolute atomic E-state index is 0.0909. The highest BCUT2D eigenvalue weighted by Gasteiger charge is 2.28. The van der Waals surface area contributed by atoms with Gasteiger partial charge in [-0.2, -0.15) is 0 Å². The van der Waals surface area contributed by atoms with Crippen LogP contribution in [0.15, 0.2) is 48.8 Å². The molecule has 2 N–H and O–H groups in total. The summed E-state index contributed by atoms with van der Waals surface area (Å²) in [5.41, 5.74) is 3.47. The lowest BCUT2D eigenvalue weighted by Crippen LogP contribution is -2.31. The van der Waals surface area contributed by atoms with Gasteiger partial charge in [0, 0.05) is 51.2 Å². The van der Waals surface area contributed by atoms with Crippen LogP contribution in [0.3, 0.4) is 0 Å². The van der Waals surface area contributed by atoms with E-state index in [0.717, 1.165) is 11.9 Å². The maximum atomic E-state index is 13.0. The van der Waals surface area contributed by atoms with Crippen LogP contribution in [-0.4, -0.2) is 65.5 Å². The van der Waals surface area contributed by atoms with Gasteiger partial charge >= 0.3 is 0 Å². The number of hydrogen-bond donors (Lipinski definition) is 2. The van der Waals surface area contributed by atoms with Crippen molar-refractivity contribution in [2.75, 3.05) is 38.7 Å². The zero-order chi connectivity index (χ0) is 24.8. The molecule has 9 heteroatoms. The van der Waals surface area contributed by atoms with Crippen molar-refractivity contribution < 1.29 is 19.1 Å². The number of ether oxygens (including phenoxy) is 1. The normalized spacial score (nSPS) is 15.5. The van der Waals surface area contributed by atoms with Gasteiger partial charge in [-0.15, -0.1) is 0 Å². The fraction of sp³-hybridized carbons (Fsp3) is 0.385. The van der Waals surface area contributed by atoms with Crippen LogP contribution in [0.5, 0.6) is 0 Å². The molecule has 0 spiro atoms. The van der Waals surface area contributed by atoms with Crippen molar-refractivity contribution in [2.45, 2.75) is 26.3 Å². The number of carbonyl (C=O) groups excluding carboxylic acids is 3. The van der Waals surface area contributed by atoms with Crippen LogP contribution in [0.4, 0.5) is 5.69 Å². The topological polar surface area (TPSA) is 106 Å². The second-order valence-corrected chi connectivity index (χ2v) is 8.76. The maximum Gasteiger partial charge on any atom is 0.251 e. The minimum atomic E-state index is -0.314. The van der Waals surface area contributed by atoms with Gasteiger partial charge in [-0.1, -0.05) is 30.3 Å². The highest BCUT2D eigenvalue weighted by Crippen LogP contribution is 2.26. The fourth-order valence-corrected chi connectivity index (χ4v) is 4.45. The first-order valence-corrected chi connectivity index (χ1v) is 11.9. The second kappa shape index (κ2) is 11.1. The quantitative estimate of drug-likeness (QED) is 0.467. The molecule has 9 nitrogen and oxygen atoms in total. The third kappa shape index (κ3) is 5.86. The summed E-state index contributed by atoms with van der Waals surface area (Å²) in [7, 11) is 1.45. The first-order chi connectivity index (χ1) is 17.0. The Hall–Kier alpha value is -3.72. The molecule has 35 heavy (non-hydrogen) atoms. The molecule has 3 aromatic rings. The molecule has 1 saturated heterocycles. The summed E-state index contributed by atoms with van der Waals surface area (Å²) >= 11 is 0. The number of anilines is 1. The molecule has 0 bridgehead atoms. The van der Waals surface area contributed by atoms with Crippen LogP contribution < -0.4 is 10.6 Å². The SMILES string of the molecule is CCN1C[C@@H](CNC(=O)c2cc(NC(=O)COC)c3c(c2)ncn3CCc2ccccc2)CC1=O. The summed E-state index contributed by atoms with van der Waals surface area (Å²) < 4.78 is 6.94. The highest BCUT2D eigenvalue weighted by molar-refractivity contribution is 6.05. The molecular weight excluding hydrogens is 446 g/mol. The second-order valence-electron chi connectivity index (χ2n) is 8.76. The maximum absolute atomic E-state index is 13.0. The molecule has 4 rings (SSSR count). The van der Waals surface area contributed by atoms with E-state index in [2.05, 4.69) is 27.8 Å². The summed E-state index contributed by atoms with van der Waals surface area (Å²) in [4.78, 5) is 43.6. The Morgan fingerprint density at radius 3 is 2.71 bits per heavy atom. The van der Waals surface area contributed by atoms with Gasteiger partial charge in [-0.05, 0) is 31.0 Å². The number of likely N-dealkylation sites (tertiary alicyclic amines) is 1. The van der Waals surface area contributed by atoms with Crippen molar-refractivity contribution in [3.05, 3.63) is 59.9 Å². The molecule has 2 aromatic carbocycles. The van der Waals surface area contributed by atoms with Crippen molar-refractivity contribution in [1.29, 1.82) is 0 Å². The monoisotopic (exact) mass is 477 g/mol. The zero-order valence-corrected chi connectivity index (χ0v) is 20.1. The lowest BCUT2D eigenvalue weighted by Gasteiger charge is -2.15. The van der Waals surface area contributed by atoms with Gasteiger partial charge in [0.1, 0.15) is 6.61 Å². The summed E-state index contributed by atoms with van der Waals surface area (Å²) in [6, 6.07) is 13.5. The van der Waals surface area contributed by atoms with E-state index < -0.39 is 0 Å². The Balaban J connectivity index is 1.54. The molecule has 1 aliphatic rings. The first kappa shape index (κ1) is 24.4. The molecular formula is C26H31N5O4. The molecule has 1 fully saturated rings. The van der Waals surface area contributed by atoms with E-state index in [1.807, 2.05) is 29.7 Å². The number of benzene rings is 2. The van der Waals surface area contributed by atoms with Crippen LogP contribution in [0, 0.1) is 5.92 Å². The molecule has 1 aromatic heterocycles. The summed E-state index contributed by atoms with van der Waals surface area (Å²) in [6.07, 6.45) is 2.97. The largest absolute Gasteiger partial charge is 0.375 e. The van der Waals surface area contributed by atoms with Gasteiger partial charge in [0.05, 0.1) is 23.0 Å². The Labute approximate surface area is 204 Å². The predicted octanol–water partition coefficient (Wildman–Crippen LogP) is 2.46. The third-order valence-electron chi connectivity index (χ3n) is 6.24. The lowest BCUT2D eigenvalue weighted by molar-refractivity contribution is -0.127. The summed E-state index contributed by atoms with van der Waals surface area (Å²) in [5.74, 6) is -0.368. The molecule has 2 heterocycles. The first-order valence-electron chi connectivity index (χ1n) is 11.9. The number of amides is 3. The average Bonchev–Trinajstić information content (AvgIpc) is 3.44. The standard InChI is InChI=1S/C26H31N5O4/c1-3-30-15-19(11-24(30)33)14-27-26(34)20-12-21-25(22(13-20)29-23(32)16-35-2)31(17-28-21)10-9-18-7-5-4-6-8-18/h4-8,12-13,17,19H,3,9-11,14-16H2,1-2H3,(H,27,34)(H,29,32)/t19-/m1/s1. The molecule has 184 valence electrons. The Morgan fingerprint density at radius 2 is 2.00 bits per heavy atom. The third-order valence-corrected chi connectivity index (χ3v) is 6.24. The Bertz CT molecular complexity index is 1210. The minimum Gasteiger partial charge on any atom is -0.375 e. The van der Waals surface area contributed by atoms with Gasteiger partial charge in [0.15, 0.2) is 0 Å². The summed E-state index contributed by atoms with van der Waals surface area (Å²) in [5, 5.41) is 5.81. The molecule has 0 saturated carbocycles. The van der Waals surface area contributed by atoms with Gasteiger partial charge in [-0.25, -0.2) is 4.98 Å². The van der Waals surface area contributed by atoms with E-state index in [9.17, 15) is 14.4 Å².